The molecule has 2 heterocycles. The van der Waals surface area contributed by atoms with E-state index in [-0.39, 0.29) is 18.1 Å². The van der Waals surface area contributed by atoms with Crippen LogP contribution in [-0.4, -0.2) is 52.1 Å². The first kappa shape index (κ1) is 34.6. The molecule has 40 heavy (non-hydrogen) atoms. The Labute approximate surface area is 240 Å². The van der Waals surface area contributed by atoms with Crippen LogP contribution in [0.1, 0.15) is 123 Å². The van der Waals surface area contributed by atoms with E-state index in [0.717, 1.165) is 12.8 Å². The summed E-state index contributed by atoms with van der Waals surface area (Å²) in [6.07, 6.45) is 19.9. The quantitative estimate of drug-likeness (QED) is 0.0841. The number of nitrogens with one attached hydrogen (secondary N) is 1. The fraction of sp³-hybridized carbons (Fsp3) is 0.857. The summed E-state index contributed by atoms with van der Waals surface area (Å²) < 4.78 is 23.2. The van der Waals surface area contributed by atoms with Crippen LogP contribution in [0.2, 0.25) is 0 Å². The van der Waals surface area contributed by atoms with Crippen LogP contribution in [0, 0.1) is 0 Å². The van der Waals surface area contributed by atoms with Crippen molar-refractivity contribution in [2.24, 2.45) is 0 Å². The molecule has 2 rings (SSSR count). The van der Waals surface area contributed by atoms with Gasteiger partial charge in [-0.3, -0.25) is 13.9 Å². The van der Waals surface area contributed by atoms with E-state index >= 15 is 0 Å². The second kappa shape index (κ2) is 19.5. The highest BCUT2D eigenvalue weighted by Crippen LogP contribution is 2.34. The lowest BCUT2D eigenvalue weighted by atomic mass is 10.0. The molecule has 1 aromatic heterocycles. The number of aromatic nitrogens is 2. The molecule has 1 aliphatic rings. The Morgan fingerprint density at radius 1 is 0.925 bits per heavy atom. The third kappa shape index (κ3) is 13.3. The van der Waals surface area contributed by atoms with Gasteiger partial charge < -0.3 is 35.2 Å². The number of rotatable bonds is 24. The molecule has 1 atom stereocenters. The van der Waals surface area contributed by atoms with Gasteiger partial charge in [-0.2, -0.15) is 4.98 Å². The zero-order valence-electron chi connectivity index (χ0n) is 24.8. The molecule has 1 aromatic rings. The SMILES string of the molecule is CCCCCCCCCCCCCCCCCCOC(C)n1c(N)nc2c(c1=O)NCN2CCOCP(=O)(O)O. The Kier molecular flexibility index (Phi) is 16.8. The number of nitrogens with two attached hydrogens (primary N) is 1. The van der Waals surface area contributed by atoms with Crippen molar-refractivity contribution in [3.8, 4) is 0 Å². The first-order chi connectivity index (χ1) is 19.2. The van der Waals surface area contributed by atoms with Crippen LogP contribution >= 0.6 is 7.60 Å². The van der Waals surface area contributed by atoms with Crippen molar-refractivity contribution < 1.29 is 23.8 Å². The molecule has 0 saturated carbocycles. The van der Waals surface area contributed by atoms with Gasteiger partial charge in [0.1, 0.15) is 18.3 Å². The normalized spacial score (nSPS) is 13.9. The Bertz CT molecular complexity index is 941. The highest BCUT2D eigenvalue weighted by atomic mass is 31.2. The summed E-state index contributed by atoms with van der Waals surface area (Å²) in [7, 11) is -4.22. The summed E-state index contributed by atoms with van der Waals surface area (Å²) in [5.41, 5.74) is 6.15. The average Bonchev–Trinajstić information content (AvgIpc) is 3.30. The van der Waals surface area contributed by atoms with Gasteiger partial charge in [-0.15, -0.1) is 0 Å². The molecule has 0 aliphatic carbocycles. The monoisotopic (exact) mass is 587 g/mol. The zero-order chi connectivity index (χ0) is 29.2. The molecule has 11 nitrogen and oxygen atoms in total. The Hall–Kier alpha value is -1.65. The molecule has 0 bridgehead atoms. The Morgan fingerprint density at radius 2 is 1.45 bits per heavy atom. The van der Waals surface area contributed by atoms with Gasteiger partial charge in [-0.25, -0.2) is 0 Å². The lowest BCUT2D eigenvalue weighted by molar-refractivity contribution is 0.0129. The van der Waals surface area contributed by atoms with Crippen molar-refractivity contribution >= 4 is 25.0 Å². The van der Waals surface area contributed by atoms with Gasteiger partial charge in [0.25, 0.3) is 5.56 Å². The number of ether oxygens (including phenoxy) is 2. The third-order valence-corrected chi connectivity index (χ3v) is 7.87. The summed E-state index contributed by atoms with van der Waals surface area (Å²) in [4.78, 5) is 37.0. The number of nitrogen functional groups attached to an aromatic ring is 1. The third-order valence-electron chi connectivity index (χ3n) is 7.36. The second-order valence-electron chi connectivity index (χ2n) is 10.9. The summed E-state index contributed by atoms with van der Waals surface area (Å²) >= 11 is 0. The van der Waals surface area contributed by atoms with E-state index in [9.17, 15) is 9.36 Å². The standard InChI is InChI=1S/C28H54N5O6P/c1-3-4-5-6-7-8-9-10-11-12-13-14-15-16-17-18-20-39-24(2)33-27(34)25-26(31-28(33)29)32(22-30-25)19-21-38-23-40(35,36)37/h24,30H,3-23H2,1-2H3,(H2,29,31)(H2,35,36,37). The maximum Gasteiger partial charge on any atom is 0.350 e. The predicted octanol–water partition coefficient (Wildman–Crippen LogP) is 5.96. The number of anilines is 3. The Balaban J connectivity index is 1.56. The van der Waals surface area contributed by atoms with Crippen molar-refractivity contribution in [1.29, 1.82) is 0 Å². The van der Waals surface area contributed by atoms with Crippen LogP contribution in [0.5, 0.6) is 0 Å². The van der Waals surface area contributed by atoms with Gasteiger partial charge >= 0.3 is 7.60 Å². The molecular weight excluding hydrogens is 533 g/mol. The molecule has 0 fully saturated rings. The first-order valence-electron chi connectivity index (χ1n) is 15.4. The van der Waals surface area contributed by atoms with Crippen molar-refractivity contribution in [2.75, 3.05) is 48.7 Å². The first-order valence-corrected chi connectivity index (χ1v) is 17.2. The molecule has 0 aromatic carbocycles. The molecule has 12 heteroatoms. The fourth-order valence-corrected chi connectivity index (χ4v) is 5.41. The van der Waals surface area contributed by atoms with Crippen LogP contribution in [0.15, 0.2) is 4.79 Å². The van der Waals surface area contributed by atoms with E-state index in [0.29, 0.717) is 31.3 Å². The largest absolute Gasteiger partial charge is 0.369 e. The van der Waals surface area contributed by atoms with Crippen molar-refractivity contribution in [3.63, 3.8) is 0 Å². The number of nitrogens with zero attached hydrogens (tertiary/aromatic N) is 3. The van der Waals surface area contributed by atoms with Crippen molar-refractivity contribution in [2.45, 2.75) is 123 Å². The van der Waals surface area contributed by atoms with Crippen molar-refractivity contribution in [1.82, 2.24) is 9.55 Å². The maximum absolute atomic E-state index is 13.1. The van der Waals surface area contributed by atoms with E-state index in [1.54, 1.807) is 11.8 Å². The summed E-state index contributed by atoms with van der Waals surface area (Å²) in [5, 5.41) is 3.03. The van der Waals surface area contributed by atoms with Gasteiger partial charge in [0.05, 0.1) is 13.3 Å². The number of hydrogen-bond acceptors (Lipinski definition) is 8. The summed E-state index contributed by atoms with van der Waals surface area (Å²) in [5.74, 6) is 0.469. The van der Waals surface area contributed by atoms with Crippen LogP contribution in [0.25, 0.3) is 0 Å². The molecule has 0 saturated heterocycles. The number of fused-ring (bicyclic) bond motifs is 1. The van der Waals surface area contributed by atoms with Crippen LogP contribution in [0.3, 0.4) is 0 Å². The van der Waals surface area contributed by atoms with Gasteiger partial charge in [0, 0.05) is 13.2 Å². The zero-order valence-corrected chi connectivity index (χ0v) is 25.7. The minimum atomic E-state index is -4.22. The van der Waals surface area contributed by atoms with Gasteiger partial charge in [-0.05, 0) is 13.3 Å². The molecular formula is C28H54N5O6P. The van der Waals surface area contributed by atoms with Crippen LogP contribution in [0.4, 0.5) is 17.5 Å². The minimum absolute atomic E-state index is 0.0630. The molecule has 1 aliphatic heterocycles. The molecule has 0 spiro atoms. The highest BCUT2D eigenvalue weighted by Gasteiger charge is 2.27. The molecule has 232 valence electrons. The van der Waals surface area contributed by atoms with E-state index in [2.05, 4.69) is 17.2 Å². The summed E-state index contributed by atoms with van der Waals surface area (Å²) in [6, 6.07) is 0. The smallest absolute Gasteiger partial charge is 0.350 e. The van der Waals surface area contributed by atoms with Gasteiger partial charge in [0.2, 0.25) is 5.95 Å². The second-order valence-corrected chi connectivity index (χ2v) is 12.5. The Morgan fingerprint density at radius 3 is 1.98 bits per heavy atom. The summed E-state index contributed by atoms with van der Waals surface area (Å²) in [6.45, 7) is 5.33. The van der Waals surface area contributed by atoms with E-state index in [1.165, 1.54) is 94.5 Å². The predicted molar refractivity (Wildman–Crippen MR) is 162 cm³/mol. The molecule has 1 unspecified atom stereocenters. The minimum Gasteiger partial charge on any atom is -0.369 e. The maximum atomic E-state index is 13.1. The van der Waals surface area contributed by atoms with Crippen LogP contribution < -0.4 is 21.5 Å². The van der Waals surface area contributed by atoms with E-state index in [1.807, 2.05) is 0 Å². The average molecular weight is 588 g/mol. The molecule has 0 amide bonds. The van der Waals surface area contributed by atoms with E-state index < -0.39 is 20.2 Å². The van der Waals surface area contributed by atoms with Crippen LogP contribution in [-0.2, 0) is 14.0 Å². The lowest BCUT2D eigenvalue weighted by Gasteiger charge is -2.20. The van der Waals surface area contributed by atoms with E-state index in [4.69, 9.17) is 25.0 Å². The lowest BCUT2D eigenvalue weighted by Crippen LogP contribution is -2.30. The van der Waals surface area contributed by atoms with Crippen molar-refractivity contribution in [3.05, 3.63) is 10.4 Å². The number of hydrogen-bond donors (Lipinski definition) is 4. The molecule has 0 radical (unpaired) electrons. The van der Waals surface area contributed by atoms with Gasteiger partial charge in [0.15, 0.2) is 5.82 Å². The highest BCUT2D eigenvalue weighted by molar-refractivity contribution is 7.51. The van der Waals surface area contributed by atoms with Gasteiger partial charge in [-0.1, -0.05) is 103 Å². The number of unbranched alkanes of at least 4 members (excludes halogenated alkanes) is 15. The molecule has 5 N–H and O–H groups in total. The fourth-order valence-electron chi connectivity index (χ4n) is 5.04. The topological polar surface area (TPSA) is 152 Å².